The molecule has 0 amide bonds. The van der Waals surface area contributed by atoms with Gasteiger partial charge in [0.25, 0.3) is 0 Å². The molecule has 4 heteroatoms. The highest BCUT2D eigenvalue weighted by Gasteiger charge is 2.56. The van der Waals surface area contributed by atoms with Crippen molar-refractivity contribution in [2.75, 3.05) is 0 Å². The van der Waals surface area contributed by atoms with Crippen molar-refractivity contribution in [1.82, 2.24) is 0 Å². The molecular formula is C33H71N3O. The third-order valence-electron chi connectivity index (χ3n) is 9.39. The van der Waals surface area contributed by atoms with Crippen LogP contribution >= 0.6 is 0 Å². The lowest BCUT2D eigenvalue weighted by atomic mass is 9.43. The van der Waals surface area contributed by atoms with Crippen LogP contribution in [0.15, 0.2) is 0 Å². The van der Waals surface area contributed by atoms with Crippen molar-refractivity contribution in [2.45, 2.75) is 189 Å². The number of nitrogens with two attached hydrogens (primary N) is 3. The van der Waals surface area contributed by atoms with Crippen molar-refractivity contribution in [3.8, 4) is 0 Å². The second kappa shape index (κ2) is 22.1. The van der Waals surface area contributed by atoms with Gasteiger partial charge < -0.3 is 5.11 Å². The van der Waals surface area contributed by atoms with Gasteiger partial charge >= 0.3 is 5.96 Å². The van der Waals surface area contributed by atoms with Crippen molar-refractivity contribution < 1.29 is 10.5 Å². The third kappa shape index (κ3) is 11.9. The molecule has 224 valence electrons. The van der Waals surface area contributed by atoms with E-state index in [1.165, 1.54) is 77.0 Å². The molecule has 0 aromatic carbocycles. The van der Waals surface area contributed by atoms with Gasteiger partial charge in [-0.25, -0.2) is 0 Å². The highest BCUT2D eigenvalue weighted by molar-refractivity contribution is 5.68. The van der Waals surface area contributed by atoms with Crippen LogP contribution in [0.2, 0.25) is 0 Å². The largest absolute Gasteiger partial charge is 0.849 e. The molecule has 0 fully saturated rings. The van der Waals surface area contributed by atoms with Gasteiger partial charge in [-0.05, 0) is 42.4 Å². The predicted molar refractivity (Wildman–Crippen MR) is 164 cm³/mol. The Morgan fingerprint density at radius 1 is 0.622 bits per heavy atom. The Hall–Kier alpha value is -0.770. The minimum atomic E-state index is -0.774. The molecule has 0 rings (SSSR count). The summed E-state index contributed by atoms with van der Waals surface area (Å²) in [5.74, 6) is 0.615. The SMILES string of the molecule is CCCCC(CC)C(CCCC)(CCCC)C(CC)(CCCC)C([O-])(CCCC)CCCC.NC(N)=[NH2+]. The number of hydrogen-bond donors (Lipinski definition) is 3. The molecule has 0 saturated carbocycles. The van der Waals surface area contributed by atoms with Crippen LogP contribution in [-0.4, -0.2) is 11.6 Å². The number of hydrogen-bond acceptors (Lipinski definition) is 1. The maximum Gasteiger partial charge on any atom is 0.336 e. The molecule has 0 spiro atoms. The zero-order chi connectivity index (χ0) is 28.8. The van der Waals surface area contributed by atoms with Crippen LogP contribution in [-0.2, 0) is 0 Å². The van der Waals surface area contributed by atoms with Gasteiger partial charge in [-0.2, -0.15) is 0 Å². The summed E-state index contributed by atoms with van der Waals surface area (Å²) in [6.07, 6.45) is 23.8. The zero-order valence-electron chi connectivity index (χ0n) is 26.9. The first-order chi connectivity index (χ1) is 17.6. The lowest BCUT2D eigenvalue weighted by Gasteiger charge is -2.68. The fraction of sp³-hybridized carbons (Fsp3) is 0.970. The van der Waals surface area contributed by atoms with E-state index in [4.69, 9.17) is 0 Å². The fourth-order valence-electron chi connectivity index (χ4n) is 7.50. The standard InChI is InChI=1S/C32H65O.CH5N3/c1-9-17-23-29(15-7)30(24-18-10-2,25-19-11-3)31(16-8,26-20-12-4)32(33,27-21-13-5)28-22-14-6;2-1(3)4/h29H,9-28H2,1-8H3;(H5,2,3,4)/q-1;/p+1. The van der Waals surface area contributed by atoms with Crippen LogP contribution in [0, 0.1) is 16.7 Å². The van der Waals surface area contributed by atoms with Gasteiger partial charge in [-0.15, -0.1) is 5.60 Å². The average Bonchev–Trinajstić information content (AvgIpc) is 2.88. The number of guanidine groups is 1. The van der Waals surface area contributed by atoms with Crippen molar-refractivity contribution in [1.29, 1.82) is 0 Å². The Balaban J connectivity index is 0. The lowest BCUT2D eigenvalue weighted by Crippen LogP contribution is -2.66. The fourth-order valence-corrected chi connectivity index (χ4v) is 7.50. The smallest absolute Gasteiger partial charge is 0.336 e. The van der Waals surface area contributed by atoms with Crippen molar-refractivity contribution >= 4 is 5.96 Å². The van der Waals surface area contributed by atoms with Gasteiger partial charge in [0.2, 0.25) is 0 Å². The molecule has 0 aromatic rings. The van der Waals surface area contributed by atoms with E-state index >= 15 is 5.11 Å². The molecule has 2 unspecified atom stereocenters. The second-order valence-corrected chi connectivity index (χ2v) is 11.9. The summed E-state index contributed by atoms with van der Waals surface area (Å²) in [6, 6.07) is 0. The Bertz CT molecular complexity index is 516. The zero-order valence-corrected chi connectivity index (χ0v) is 26.9. The minimum Gasteiger partial charge on any atom is -0.849 e. The molecule has 0 heterocycles. The van der Waals surface area contributed by atoms with Gasteiger partial charge in [0.1, 0.15) is 0 Å². The van der Waals surface area contributed by atoms with E-state index in [1.54, 1.807) is 0 Å². The monoisotopic (exact) mass is 526 g/mol. The maximum atomic E-state index is 15.4. The topological polar surface area (TPSA) is 101 Å². The second-order valence-electron chi connectivity index (χ2n) is 11.9. The molecule has 0 aliphatic heterocycles. The maximum absolute atomic E-state index is 15.4. The van der Waals surface area contributed by atoms with Crippen molar-refractivity contribution in [2.24, 2.45) is 28.2 Å². The van der Waals surface area contributed by atoms with Crippen LogP contribution in [0.25, 0.3) is 0 Å². The van der Waals surface area contributed by atoms with Gasteiger partial charge in [-0.3, -0.25) is 16.9 Å². The summed E-state index contributed by atoms with van der Waals surface area (Å²) >= 11 is 0. The first-order valence-electron chi connectivity index (χ1n) is 16.5. The van der Waals surface area contributed by atoms with Gasteiger partial charge in [-0.1, -0.05) is 158 Å². The van der Waals surface area contributed by atoms with E-state index in [0.717, 1.165) is 51.4 Å². The lowest BCUT2D eigenvalue weighted by molar-refractivity contribution is -0.526. The molecule has 37 heavy (non-hydrogen) atoms. The van der Waals surface area contributed by atoms with Gasteiger partial charge in [0.05, 0.1) is 0 Å². The van der Waals surface area contributed by atoms with Gasteiger partial charge in [0, 0.05) is 0 Å². The van der Waals surface area contributed by atoms with Crippen LogP contribution in [0.4, 0.5) is 0 Å². The van der Waals surface area contributed by atoms with E-state index in [2.05, 4.69) is 72.3 Å². The molecule has 0 aliphatic carbocycles. The molecule has 0 bridgehead atoms. The van der Waals surface area contributed by atoms with E-state index in [1.807, 2.05) is 0 Å². The Morgan fingerprint density at radius 3 is 1.30 bits per heavy atom. The highest BCUT2D eigenvalue weighted by atomic mass is 16.3. The van der Waals surface area contributed by atoms with Crippen LogP contribution in [0.5, 0.6) is 0 Å². The average molecular weight is 526 g/mol. The highest BCUT2D eigenvalue weighted by Crippen LogP contribution is 2.64. The van der Waals surface area contributed by atoms with Crippen LogP contribution < -0.4 is 22.0 Å². The Kier molecular flexibility index (Phi) is 22.9. The Labute approximate surface area is 234 Å². The number of unbranched alkanes of at least 4 members (excludes halogenated alkanes) is 6. The molecule has 2 atom stereocenters. The van der Waals surface area contributed by atoms with E-state index in [9.17, 15) is 0 Å². The van der Waals surface area contributed by atoms with Crippen molar-refractivity contribution in [3.63, 3.8) is 0 Å². The first kappa shape index (κ1) is 38.4. The minimum absolute atomic E-state index is 0.0703. The van der Waals surface area contributed by atoms with Crippen molar-refractivity contribution in [3.05, 3.63) is 0 Å². The summed E-state index contributed by atoms with van der Waals surface area (Å²) in [5, 5.41) is 20.0. The van der Waals surface area contributed by atoms with Crippen LogP contribution in [0.3, 0.4) is 0 Å². The summed E-state index contributed by atoms with van der Waals surface area (Å²) in [7, 11) is 0. The third-order valence-corrected chi connectivity index (χ3v) is 9.39. The summed E-state index contributed by atoms with van der Waals surface area (Å²) in [5.41, 5.74) is 8.53. The predicted octanol–water partition coefficient (Wildman–Crippen LogP) is 7.65. The summed E-state index contributed by atoms with van der Waals surface area (Å²) in [6.45, 7) is 18.8. The van der Waals surface area contributed by atoms with Gasteiger partial charge in [0.15, 0.2) is 0 Å². The molecule has 0 aliphatic rings. The molecule has 0 saturated heterocycles. The normalized spacial score (nSPS) is 14.5. The molecule has 0 radical (unpaired) electrons. The van der Waals surface area contributed by atoms with E-state index < -0.39 is 5.60 Å². The first-order valence-corrected chi connectivity index (χ1v) is 16.5. The summed E-state index contributed by atoms with van der Waals surface area (Å²) in [4.78, 5) is 0. The van der Waals surface area contributed by atoms with E-state index in [-0.39, 0.29) is 16.8 Å². The molecule has 0 aromatic heterocycles. The van der Waals surface area contributed by atoms with E-state index in [0.29, 0.717) is 5.92 Å². The van der Waals surface area contributed by atoms with Crippen LogP contribution in [0.1, 0.15) is 184 Å². The molecule has 4 nitrogen and oxygen atoms in total. The quantitative estimate of drug-likeness (QED) is 0.0942. The summed E-state index contributed by atoms with van der Waals surface area (Å²) < 4.78 is 0. The Morgan fingerprint density at radius 2 is 0.973 bits per heavy atom. The number of rotatable bonds is 23. The molecular weight excluding hydrogens is 454 g/mol. The molecule has 6 N–H and O–H groups in total.